The Bertz CT molecular complexity index is 731. The number of unbranched alkanes of at least 4 members (excludes halogenated alkanes) is 1. The van der Waals surface area contributed by atoms with Crippen molar-refractivity contribution in [3.63, 3.8) is 0 Å². The molecule has 0 aromatic rings. The first-order chi connectivity index (χ1) is 16.0. The van der Waals surface area contributed by atoms with Crippen LogP contribution in [0.15, 0.2) is 72.9 Å². The number of guanidine groups is 1. The number of nitrogens with two attached hydrogens (primary N) is 1. The van der Waals surface area contributed by atoms with E-state index in [9.17, 15) is 9.59 Å². The number of ether oxygens (including phenoxy) is 1. The summed E-state index contributed by atoms with van der Waals surface area (Å²) in [6.45, 7) is 1.93. The molecular formula is C27H41N3O3. The van der Waals surface area contributed by atoms with Crippen LogP contribution in [-0.4, -0.2) is 36.4 Å². The van der Waals surface area contributed by atoms with Crippen molar-refractivity contribution in [3.05, 3.63) is 72.9 Å². The first kappa shape index (κ1) is 29.9. The molecule has 0 bridgehead atoms. The SMILES string of the molecule is CC/C=C/C/C=C/C/C=C/C/C=C/C/C=C/C/C=C/CCCC(=O)OC(=O)CN(C)C(=N)N. The minimum absolute atomic E-state index is 0.182. The van der Waals surface area contributed by atoms with E-state index in [1.54, 1.807) is 0 Å². The summed E-state index contributed by atoms with van der Waals surface area (Å²) >= 11 is 0. The van der Waals surface area contributed by atoms with Gasteiger partial charge in [-0.1, -0.05) is 79.8 Å². The van der Waals surface area contributed by atoms with Crippen molar-refractivity contribution in [2.75, 3.05) is 13.6 Å². The van der Waals surface area contributed by atoms with Gasteiger partial charge in [-0.25, -0.2) is 4.79 Å². The van der Waals surface area contributed by atoms with E-state index in [4.69, 9.17) is 11.1 Å². The highest BCUT2D eigenvalue weighted by Crippen LogP contribution is 2.01. The van der Waals surface area contributed by atoms with E-state index in [0.29, 0.717) is 6.42 Å². The second kappa shape index (κ2) is 22.1. The van der Waals surface area contributed by atoms with Gasteiger partial charge in [-0.3, -0.25) is 10.2 Å². The van der Waals surface area contributed by atoms with Gasteiger partial charge in [-0.2, -0.15) is 0 Å². The number of esters is 2. The van der Waals surface area contributed by atoms with Crippen LogP contribution in [0.1, 0.15) is 64.7 Å². The molecule has 6 nitrogen and oxygen atoms in total. The molecule has 0 atom stereocenters. The predicted molar refractivity (Wildman–Crippen MR) is 138 cm³/mol. The summed E-state index contributed by atoms with van der Waals surface area (Å²) in [5.41, 5.74) is 5.23. The van der Waals surface area contributed by atoms with Gasteiger partial charge in [-0.15, -0.1) is 0 Å². The minimum Gasteiger partial charge on any atom is -0.392 e. The van der Waals surface area contributed by atoms with E-state index >= 15 is 0 Å². The second-order valence-electron chi connectivity index (χ2n) is 7.39. The molecule has 0 fully saturated rings. The van der Waals surface area contributed by atoms with E-state index in [1.807, 2.05) is 6.08 Å². The Morgan fingerprint density at radius 2 is 1.18 bits per heavy atom. The molecule has 6 heteroatoms. The summed E-state index contributed by atoms with van der Waals surface area (Å²) in [5.74, 6) is -1.51. The lowest BCUT2D eigenvalue weighted by atomic mass is 10.2. The van der Waals surface area contributed by atoms with Crippen molar-refractivity contribution in [3.8, 4) is 0 Å². The molecule has 0 rings (SSSR count). The van der Waals surface area contributed by atoms with Gasteiger partial charge >= 0.3 is 11.9 Å². The molecule has 0 saturated carbocycles. The molecular weight excluding hydrogens is 414 g/mol. The average Bonchev–Trinajstić information content (AvgIpc) is 2.77. The lowest BCUT2D eigenvalue weighted by Crippen LogP contribution is -2.37. The first-order valence-corrected chi connectivity index (χ1v) is 11.7. The van der Waals surface area contributed by atoms with Gasteiger partial charge in [0.2, 0.25) is 0 Å². The fourth-order valence-corrected chi connectivity index (χ4v) is 2.49. The van der Waals surface area contributed by atoms with Crippen molar-refractivity contribution in [2.24, 2.45) is 5.73 Å². The third-order valence-electron chi connectivity index (χ3n) is 4.35. The number of hydrogen-bond acceptors (Lipinski definition) is 4. The Balaban J connectivity index is 3.69. The van der Waals surface area contributed by atoms with Crippen LogP contribution in [0.25, 0.3) is 0 Å². The molecule has 33 heavy (non-hydrogen) atoms. The van der Waals surface area contributed by atoms with Crippen molar-refractivity contribution >= 4 is 17.9 Å². The van der Waals surface area contributed by atoms with Gasteiger partial charge in [0.1, 0.15) is 6.54 Å². The van der Waals surface area contributed by atoms with Crippen LogP contribution in [0.4, 0.5) is 0 Å². The number of carbonyl (C=O) groups excluding carboxylic acids is 2. The van der Waals surface area contributed by atoms with Crippen LogP contribution in [0.5, 0.6) is 0 Å². The van der Waals surface area contributed by atoms with Gasteiger partial charge < -0.3 is 15.4 Å². The zero-order valence-electron chi connectivity index (χ0n) is 20.2. The van der Waals surface area contributed by atoms with Gasteiger partial charge in [0.25, 0.3) is 0 Å². The molecule has 3 N–H and O–H groups in total. The Morgan fingerprint density at radius 1 is 0.758 bits per heavy atom. The first-order valence-electron chi connectivity index (χ1n) is 11.7. The molecule has 0 aliphatic rings. The van der Waals surface area contributed by atoms with Crippen molar-refractivity contribution < 1.29 is 14.3 Å². The number of nitrogens with one attached hydrogen (secondary N) is 1. The Kier molecular flexibility index (Phi) is 20.0. The lowest BCUT2D eigenvalue weighted by molar-refractivity contribution is -0.159. The molecule has 0 unspecified atom stereocenters. The minimum atomic E-state index is -0.702. The quantitative estimate of drug-likeness (QED) is 0.0727. The summed E-state index contributed by atoms with van der Waals surface area (Å²) in [6.07, 6.45) is 33.2. The van der Waals surface area contributed by atoms with Crippen molar-refractivity contribution in [1.82, 2.24) is 4.90 Å². The van der Waals surface area contributed by atoms with E-state index in [-0.39, 0.29) is 18.9 Å². The number of hydrogen-bond donors (Lipinski definition) is 2. The van der Waals surface area contributed by atoms with Crippen molar-refractivity contribution in [2.45, 2.75) is 64.7 Å². The molecule has 0 aliphatic carbocycles. The topological polar surface area (TPSA) is 96.5 Å². The maximum atomic E-state index is 11.6. The molecule has 0 spiro atoms. The predicted octanol–water partition coefficient (Wildman–Crippen LogP) is 5.75. The van der Waals surface area contributed by atoms with Gasteiger partial charge in [0.05, 0.1) is 0 Å². The van der Waals surface area contributed by atoms with E-state index in [2.05, 4.69) is 78.5 Å². The molecule has 0 aliphatic heterocycles. The van der Waals surface area contributed by atoms with Crippen LogP contribution < -0.4 is 5.73 Å². The molecule has 182 valence electrons. The molecule has 0 amide bonds. The molecule has 0 radical (unpaired) electrons. The van der Waals surface area contributed by atoms with Crippen LogP contribution in [0.2, 0.25) is 0 Å². The maximum Gasteiger partial charge on any atom is 0.333 e. The highest BCUT2D eigenvalue weighted by Gasteiger charge is 2.13. The van der Waals surface area contributed by atoms with Gasteiger partial charge in [0, 0.05) is 13.5 Å². The lowest BCUT2D eigenvalue weighted by Gasteiger charge is -2.14. The van der Waals surface area contributed by atoms with Gasteiger partial charge in [0.15, 0.2) is 5.96 Å². The Labute approximate surface area is 199 Å². The summed E-state index contributed by atoms with van der Waals surface area (Å²) in [4.78, 5) is 24.3. The van der Waals surface area contributed by atoms with E-state index in [0.717, 1.165) is 44.9 Å². The number of allylic oxidation sites excluding steroid dienone is 12. The highest BCUT2D eigenvalue weighted by molar-refractivity contribution is 5.88. The van der Waals surface area contributed by atoms with Crippen LogP contribution in [0, 0.1) is 5.41 Å². The standard InChI is InChI=1S/C27H41N3O3/c1-3-4-5-6-7-8-9-10-11-12-13-14-15-16-17-18-19-20-21-22-23-25(31)33-26(32)24-30(2)27(28)29/h4-5,7-8,10-11,13-14,16-17,19-20H,3,6,9,12,15,18,21-24H2,1-2H3,(H3,28,29)/b5-4+,8-7+,11-10+,14-13+,17-16+,20-19+. The largest absolute Gasteiger partial charge is 0.392 e. The molecule has 0 aromatic carbocycles. The second-order valence-corrected chi connectivity index (χ2v) is 7.39. The number of nitrogens with zero attached hydrogens (tertiary/aromatic N) is 1. The fourth-order valence-electron chi connectivity index (χ4n) is 2.49. The number of carbonyl (C=O) groups is 2. The van der Waals surface area contributed by atoms with E-state index in [1.165, 1.54) is 11.9 Å². The summed E-state index contributed by atoms with van der Waals surface area (Å²) in [6, 6.07) is 0. The Hall–Kier alpha value is -3.15. The Morgan fingerprint density at radius 3 is 1.61 bits per heavy atom. The molecule has 0 aromatic heterocycles. The normalized spacial score (nSPS) is 12.3. The number of likely N-dealkylation sites (N-methyl/N-ethyl adjacent to an activating group) is 1. The zero-order valence-corrected chi connectivity index (χ0v) is 20.2. The zero-order chi connectivity index (χ0) is 24.6. The third-order valence-corrected chi connectivity index (χ3v) is 4.35. The maximum absolute atomic E-state index is 11.6. The summed E-state index contributed by atoms with van der Waals surface area (Å²) in [7, 11) is 1.48. The van der Waals surface area contributed by atoms with Crippen LogP contribution >= 0.6 is 0 Å². The van der Waals surface area contributed by atoms with E-state index < -0.39 is 11.9 Å². The van der Waals surface area contributed by atoms with Crippen LogP contribution in [-0.2, 0) is 14.3 Å². The number of rotatable bonds is 17. The molecule has 0 heterocycles. The van der Waals surface area contributed by atoms with Gasteiger partial charge in [-0.05, 0) is 51.4 Å². The monoisotopic (exact) mass is 455 g/mol. The summed E-state index contributed by atoms with van der Waals surface area (Å²) < 4.78 is 4.69. The smallest absolute Gasteiger partial charge is 0.333 e. The average molecular weight is 456 g/mol. The highest BCUT2D eigenvalue weighted by atomic mass is 16.6. The molecule has 0 saturated heterocycles. The fraction of sp³-hybridized carbons (Fsp3) is 0.444. The third kappa shape index (κ3) is 21.9. The van der Waals surface area contributed by atoms with Crippen molar-refractivity contribution in [1.29, 1.82) is 5.41 Å². The summed E-state index contributed by atoms with van der Waals surface area (Å²) in [5, 5.41) is 7.17. The van der Waals surface area contributed by atoms with Crippen LogP contribution in [0.3, 0.4) is 0 Å².